The molecule has 1 aromatic rings. The molecule has 18 heavy (non-hydrogen) atoms. The van der Waals surface area contributed by atoms with Gasteiger partial charge >= 0.3 is 0 Å². The quantitative estimate of drug-likeness (QED) is 0.893. The third-order valence-corrected chi connectivity index (χ3v) is 4.76. The molecule has 0 amide bonds. The molecule has 0 saturated carbocycles. The third-order valence-electron chi connectivity index (χ3n) is 2.60. The van der Waals surface area contributed by atoms with Crippen molar-refractivity contribution in [1.82, 2.24) is 4.31 Å². The van der Waals surface area contributed by atoms with Crippen molar-refractivity contribution in [2.24, 2.45) is 0 Å². The number of nitrogens with zero attached hydrogens (tertiary/aromatic N) is 1. The Morgan fingerprint density at radius 1 is 1.44 bits per heavy atom. The number of rotatable bonds is 5. The van der Waals surface area contributed by atoms with Gasteiger partial charge in [-0.2, -0.15) is 0 Å². The molecule has 0 aromatic heterocycles. The fourth-order valence-electron chi connectivity index (χ4n) is 1.50. The van der Waals surface area contributed by atoms with Crippen molar-refractivity contribution < 1.29 is 18.3 Å². The van der Waals surface area contributed by atoms with E-state index in [9.17, 15) is 13.5 Å². The molecule has 0 spiro atoms. The van der Waals surface area contributed by atoms with E-state index in [4.69, 9.17) is 16.3 Å². The molecule has 0 bridgehead atoms. The van der Waals surface area contributed by atoms with Crippen molar-refractivity contribution in [2.75, 3.05) is 20.7 Å². The summed E-state index contributed by atoms with van der Waals surface area (Å²) in [5, 5.41) is 9.45. The minimum atomic E-state index is -3.67. The third kappa shape index (κ3) is 2.77. The number of methoxy groups -OCH3 is 1. The van der Waals surface area contributed by atoms with Crippen LogP contribution in [0.1, 0.15) is 12.5 Å². The van der Waals surface area contributed by atoms with Crippen LogP contribution in [-0.4, -0.2) is 38.5 Å². The Bertz CT molecular complexity index is 530. The van der Waals surface area contributed by atoms with Crippen LogP contribution in [0.5, 0.6) is 5.75 Å². The van der Waals surface area contributed by atoms with Crippen molar-refractivity contribution >= 4 is 21.6 Å². The SMILES string of the molecule is CCN(C)S(=O)(=O)c1cc(Cl)cc(CO)c1OC. The molecule has 0 aliphatic heterocycles. The molecule has 1 aromatic carbocycles. The lowest BCUT2D eigenvalue weighted by Crippen LogP contribution is -2.27. The highest BCUT2D eigenvalue weighted by molar-refractivity contribution is 7.89. The average molecular weight is 294 g/mol. The molecule has 0 aliphatic rings. The summed E-state index contributed by atoms with van der Waals surface area (Å²) >= 11 is 5.86. The van der Waals surface area contributed by atoms with E-state index in [1.807, 2.05) is 0 Å². The van der Waals surface area contributed by atoms with Crippen LogP contribution in [0.3, 0.4) is 0 Å². The standard InChI is InChI=1S/C11H16ClNO4S/c1-4-13(2)18(15,16)10-6-9(12)5-8(7-14)11(10)17-3/h5-6,14H,4,7H2,1-3H3. The van der Waals surface area contributed by atoms with E-state index in [0.717, 1.165) is 0 Å². The number of hydrogen-bond acceptors (Lipinski definition) is 4. The number of hydrogen-bond donors (Lipinski definition) is 1. The van der Waals surface area contributed by atoms with Gasteiger partial charge in [0.1, 0.15) is 10.6 Å². The van der Waals surface area contributed by atoms with Gasteiger partial charge in [0.05, 0.1) is 13.7 Å². The summed E-state index contributed by atoms with van der Waals surface area (Å²) < 4.78 is 30.8. The van der Waals surface area contributed by atoms with E-state index in [2.05, 4.69) is 0 Å². The fraction of sp³-hybridized carbons (Fsp3) is 0.455. The molecule has 0 heterocycles. The van der Waals surface area contributed by atoms with Gasteiger partial charge in [0.15, 0.2) is 0 Å². The molecular formula is C11H16ClNO4S. The van der Waals surface area contributed by atoms with Gasteiger partial charge in [-0.05, 0) is 12.1 Å². The van der Waals surface area contributed by atoms with Crippen LogP contribution in [-0.2, 0) is 16.6 Å². The summed E-state index contributed by atoms with van der Waals surface area (Å²) in [6.45, 7) is 1.70. The van der Waals surface area contributed by atoms with Gasteiger partial charge < -0.3 is 9.84 Å². The summed E-state index contributed by atoms with van der Waals surface area (Å²) in [4.78, 5) is -0.0362. The number of benzene rings is 1. The van der Waals surface area contributed by atoms with Crippen LogP contribution in [0.2, 0.25) is 5.02 Å². The highest BCUT2D eigenvalue weighted by Gasteiger charge is 2.26. The Morgan fingerprint density at radius 3 is 2.50 bits per heavy atom. The molecule has 0 fully saturated rings. The highest BCUT2D eigenvalue weighted by Crippen LogP contribution is 2.33. The zero-order valence-corrected chi connectivity index (χ0v) is 12.0. The Kier molecular flexibility index (Phi) is 4.98. The summed E-state index contributed by atoms with van der Waals surface area (Å²) in [6.07, 6.45) is 0. The van der Waals surface area contributed by atoms with Crippen LogP contribution in [0.25, 0.3) is 0 Å². The zero-order chi connectivity index (χ0) is 13.9. The molecule has 0 radical (unpaired) electrons. The van der Waals surface area contributed by atoms with Gasteiger partial charge in [0.25, 0.3) is 0 Å². The van der Waals surface area contributed by atoms with Crippen LogP contribution in [0.4, 0.5) is 0 Å². The predicted octanol–water partition coefficient (Wildman–Crippen LogP) is 1.48. The van der Waals surface area contributed by atoms with E-state index >= 15 is 0 Å². The lowest BCUT2D eigenvalue weighted by atomic mass is 10.2. The van der Waals surface area contributed by atoms with Gasteiger partial charge in [0.2, 0.25) is 10.0 Å². The van der Waals surface area contributed by atoms with Crippen LogP contribution < -0.4 is 4.74 Å². The molecule has 0 unspecified atom stereocenters. The molecular weight excluding hydrogens is 278 g/mol. The molecule has 1 rings (SSSR count). The maximum atomic E-state index is 12.3. The predicted molar refractivity (Wildman–Crippen MR) is 69.4 cm³/mol. The Hall–Kier alpha value is -0.820. The summed E-state index contributed by atoms with van der Waals surface area (Å²) in [7, 11) is -0.853. The van der Waals surface area contributed by atoms with Gasteiger partial charge in [-0.15, -0.1) is 0 Å². The largest absolute Gasteiger partial charge is 0.495 e. The monoisotopic (exact) mass is 293 g/mol. The maximum absolute atomic E-state index is 12.3. The molecule has 0 atom stereocenters. The van der Waals surface area contributed by atoms with Crippen LogP contribution >= 0.6 is 11.6 Å². The Balaban J connectivity index is 3.54. The summed E-state index contributed by atoms with van der Waals surface area (Å²) in [6, 6.07) is 2.80. The van der Waals surface area contributed by atoms with Crippen molar-refractivity contribution in [3.8, 4) is 5.75 Å². The van der Waals surface area contributed by atoms with Crippen LogP contribution in [0.15, 0.2) is 17.0 Å². The number of sulfonamides is 1. The topological polar surface area (TPSA) is 66.8 Å². The van der Waals surface area contributed by atoms with Crippen LogP contribution in [0, 0.1) is 0 Å². The fourth-order valence-corrected chi connectivity index (χ4v) is 3.21. The molecule has 5 nitrogen and oxygen atoms in total. The van der Waals surface area contributed by atoms with Crippen molar-refractivity contribution in [2.45, 2.75) is 18.4 Å². The van der Waals surface area contributed by atoms with E-state index < -0.39 is 10.0 Å². The van der Waals surface area contributed by atoms with E-state index in [0.29, 0.717) is 12.1 Å². The van der Waals surface area contributed by atoms with Crippen molar-refractivity contribution in [3.63, 3.8) is 0 Å². The van der Waals surface area contributed by atoms with Gasteiger partial charge in [-0.3, -0.25) is 0 Å². The van der Waals surface area contributed by atoms with Crippen molar-refractivity contribution in [3.05, 3.63) is 22.7 Å². The minimum Gasteiger partial charge on any atom is -0.495 e. The second kappa shape index (κ2) is 5.88. The summed E-state index contributed by atoms with van der Waals surface area (Å²) in [5.41, 5.74) is 0.341. The highest BCUT2D eigenvalue weighted by atomic mass is 35.5. The first-order chi connectivity index (χ1) is 8.38. The smallest absolute Gasteiger partial charge is 0.246 e. The molecule has 0 aliphatic carbocycles. The lowest BCUT2D eigenvalue weighted by molar-refractivity contribution is 0.272. The Labute approximate surface area is 112 Å². The number of halogens is 1. The lowest BCUT2D eigenvalue weighted by Gasteiger charge is -2.18. The van der Waals surface area contributed by atoms with Gasteiger partial charge in [-0.1, -0.05) is 18.5 Å². The van der Waals surface area contributed by atoms with Crippen molar-refractivity contribution in [1.29, 1.82) is 0 Å². The Morgan fingerprint density at radius 2 is 2.06 bits per heavy atom. The second-order valence-electron chi connectivity index (χ2n) is 3.67. The average Bonchev–Trinajstić information content (AvgIpc) is 2.36. The molecule has 0 saturated heterocycles. The first-order valence-corrected chi connectivity index (χ1v) is 7.13. The summed E-state index contributed by atoms with van der Waals surface area (Å²) in [5.74, 6) is 0.127. The molecule has 7 heteroatoms. The number of aliphatic hydroxyl groups is 1. The molecule has 1 N–H and O–H groups in total. The normalized spacial score (nSPS) is 11.9. The number of ether oxygens (including phenoxy) is 1. The first kappa shape index (κ1) is 15.2. The minimum absolute atomic E-state index is 0.0362. The maximum Gasteiger partial charge on any atom is 0.246 e. The first-order valence-electron chi connectivity index (χ1n) is 5.32. The van der Waals surface area contributed by atoms with E-state index in [-0.39, 0.29) is 22.3 Å². The van der Waals surface area contributed by atoms with Gasteiger partial charge in [-0.25, -0.2) is 12.7 Å². The second-order valence-corrected chi connectivity index (χ2v) is 6.12. The van der Waals surface area contributed by atoms with E-state index in [1.165, 1.54) is 30.6 Å². The zero-order valence-electron chi connectivity index (χ0n) is 10.5. The van der Waals surface area contributed by atoms with Gasteiger partial charge in [0, 0.05) is 24.2 Å². The number of aliphatic hydroxyl groups excluding tert-OH is 1. The molecule has 102 valence electrons. The van der Waals surface area contributed by atoms with E-state index in [1.54, 1.807) is 6.92 Å².